The third kappa shape index (κ3) is 4.58. The van der Waals surface area contributed by atoms with E-state index in [1.54, 1.807) is 7.11 Å². The van der Waals surface area contributed by atoms with Crippen LogP contribution in [0.5, 0.6) is 5.75 Å². The lowest BCUT2D eigenvalue weighted by Gasteiger charge is -2.24. The Labute approximate surface area is 177 Å². The van der Waals surface area contributed by atoms with Gasteiger partial charge in [0.05, 0.1) is 19.3 Å². The van der Waals surface area contributed by atoms with Crippen LogP contribution in [0.3, 0.4) is 0 Å². The number of benzene rings is 3. The van der Waals surface area contributed by atoms with Crippen molar-refractivity contribution in [3.63, 3.8) is 0 Å². The first-order valence-electron chi connectivity index (χ1n) is 9.85. The quantitative estimate of drug-likeness (QED) is 0.423. The van der Waals surface area contributed by atoms with E-state index < -0.39 is 0 Å². The normalized spacial score (nSPS) is 10.5. The molecule has 0 radical (unpaired) electrons. The van der Waals surface area contributed by atoms with Gasteiger partial charge in [-0.25, -0.2) is 4.98 Å². The Bertz CT molecular complexity index is 1100. The van der Waals surface area contributed by atoms with Crippen LogP contribution >= 0.6 is 0 Å². The molecule has 3 aromatic carbocycles. The van der Waals surface area contributed by atoms with E-state index in [4.69, 9.17) is 14.7 Å². The van der Waals surface area contributed by atoms with Crippen molar-refractivity contribution < 1.29 is 4.74 Å². The standard InChI is InChI=1S/C25H24N4O/c1-19-17-24(27-22-15-9-10-16-23(22)30-2)28-25(26-19)29(21-13-7-4-8-14-21)18-20-11-5-3-6-12-20/h3-17H,18H2,1-2H3,(H,26,27,28). The van der Waals surface area contributed by atoms with Gasteiger partial charge in [0.25, 0.3) is 0 Å². The van der Waals surface area contributed by atoms with Crippen molar-refractivity contribution in [2.24, 2.45) is 0 Å². The fraction of sp³-hybridized carbons (Fsp3) is 0.120. The molecule has 1 aromatic heterocycles. The van der Waals surface area contributed by atoms with Gasteiger partial charge in [0.1, 0.15) is 11.6 Å². The van der Waals surface area contributed by atoms with Crippen LogP contribution in [0, 0.1) is 6.92 Å². The molecule has 0 aliphatic heterocycles. The summed E-state index contributed by atoms with van der Waals surface area (Å²) in [6, 6.07) is 30.3. The minimum absolute atomic E-state index is 0.641. The molecular weight excluding hydrogens is 372 g/mol. The van der Waals surface area contributed by atoms with Gasteiger partial charge in [-0.2, -0.15) is 4.98 Å². The number of aryl methyl sites for hydroxylation is 1. The van der Waals surface area contributed by atoms with Crippen LogP contribution in [-0.2, 0) is 6.54 Å². The number of ether oxygens (including phenoxy) is 1. The van der Waals surface area contributed by atoms with Crippen molar-refractivity contribution in [1.29, 1.82) is 0 Å². The predicted molar refractivity (Wildman–Crippen MR) is 122 cm³/mol. The van der Waals surface area contributed by atoms with Crippen LogP contribution in [0.25, 0.3) is 0 Å². The molecule has 0 unspecified atom stereocenters. The van der Waals surface area contributed by atoms with E-state index in [1.807, 2.05) is 73.7 Å². The predicted octanol–water partition coefficient (Wildman–Crippen LogP) is 5.88. The number of methoxy groups -OCH3 is 1. The Morgan fingerprint density at radius 2 is 1.50 bits per heavy atom. The summed E-state index contributed by atoms with van der Waals surface area (Å²) in [4.78, 5) is 11.7. The van der Waals surface area contributed by atoms with E-state index in [2.05, 4.69) is 34.5 Å². The van der Waals surface area contributed by atoms with Crippen LogP contribution in [-0.4, -0.2) is 17.1 Å². The largest absolute Gasteiger partial charge is 0.495 e. The molecule has 1 heterocycles. The Morgan fingerprint density at radius 1 is 0.833 bits per heavy atom. The Hall–Kier alpha value is -3.86. The molecule has 150 valence electrons. The molecule has 0 aliphatic rings. The number of rotatable bonds is 7. The summed E-state index contributed by atoms with van der Waals surface area (Å²) in [5.74, 6) is 2.12. The topological polar surface area (TPSA) is 50.3 Å². The van der Waals surface area contributed by atoms with Gasteiger partial charge in [-0.1, -0.05) is 60.7 Å². The van der Waals surface area contributed by atoms with Crippen molar-refractivity contribution in [2.45, 2.75) is 13.5 Å². The monoisotopic (exact) mass is 396 g/mol. The summed E-state index contributed by atoms with van der Waals surface area (Å²) in [5.41, 5.74) is 3.96. The molecule has 0 spiro atoms. The summed E-state index contributed by atoms with van der Waals surface area (Å²) in [6.07, 6.45) is 0. The van der Waals surface area contributed by atoms with Crippen LogP contribution in [0.15, 0.2) is 91.0 Å². The summed E-state index contributed by atoms with van der Waals surface area (Å²) in [7, 11) is 1.66. The molecular formula is C25H24N4O. The smallest absolute Gasteiger partial charge is 0.232 e. The second-order valence-electron chi connectivity index (χ2n) is 6.93. The first-order valence-corrected chi connectivity index (χ1v) is 9.85. The molecule has 30 heavy (non-hydrogen) atoms. The lowest BCUT2D eigenvalue weighted by atomic mass is 10.2. The van der Waals surface area contributed by atoms with Crippen LogP contribution in [0.4, 0.5) is 23.1 Å². The third-order valence-electron chi connectivity index (χ3n) is 4.70. The van der Waals surface area contributed by atoms with E-state index >= 15 is 0 Å². The highest BCUT2D eigenvalue weighted by atomic mass is 16.5. The molecule has 1 N–H and O–H groups in total. The highest BCUT2D eigenvalue weighted by molar-refractivity contribution is 5.66. The van der Waals surface area contributed by atoms with Gasteiger partial charge in [0.15, 0.2) is 0 Å². The maximum Gasteiger partial charge on any atom is 0.232 e. The second-order valence-corrected chi connectivity index (χ2v) is 6.93. The number of hydrogen-bond donors (Lipinski definition) is 1. The highest BCUT2D eigenvalue weighted by Gasteiger charge is 2.15. The van der Waals surface area contributed by atoms with Gasteiger partial charge in [-0.15, -0.1) is 0 Å². The number of para-hydroxylation sites is 3. The SMILES string of the molecule is COc1ccccc1Nc1cc(C)nc(N(Cc2ccccc2)c2ccccc2)n1. The molecule has 4 aromatic rings. The summed E-state index contributed by atoms with van der Waals surface area (Å²) < 4.78 is 5.46. The molecule has 4 rings (SSSR count). The van der Waals surface area contributed by atoms with Gasteiger partial charge in [-0.05, 0) is 36.8 Å². The molecule has 0 fully saturated rings. The number of nitrogens with zero attached hydrogens (tertiary/aromatic N) is 3. The fourth-order valence-electron chi connectivity index (χ4n) is 3.27. The first kappa shape index (κ1) is 19.5. The van der Waals surface area contributed by atoms with E-state index in [-0.39, 0.29) is 0 Å². The Kier molecular flexibility index (Phi) is 5.90. The zero-order chi connectivity index (χ0) is 20.8. The molecule has 0 saturated heterocycles. The Morgan fingerprint density at radius 3 is 2.23 bits per heavy atom. The van der Waals surface area contributed by atoms with Crippen molar-refractivity contribution in [2.75, 3.05) is 17.3 Å². The van der Waals surface area contributed by atoms with Gasteiger partial charge in [0, 0.05) is 17.4 Å². The molecule has 5 heteroatoms. The lowest BCUT2D eigenvalue weighted by molar-refractivity contribution is 0.417. The molecule has 0 aliphatic carbocycles. The zero-order valence-electron chi connectivity index (χ0n) is 17.1. The van der Waals surface area contributed by atoms with Gasteiger partial charge in [-0.3, -0.25) is 0 Å². The van der Waals surface area contributed by atoms with Crippen LogP contribution in [0.1, 0.15) is 11.3 Å². The molecule has 0 bridgehead atoms. The molecule has 0 amide bonds. The fourth-order valence-corrected chi connectivity index (χ4v) is 3.27. The third-order valence-corrected chi connectivity index (χ3v) is 4.70. The van der Waals surface area contributed by atoms with E-state index in [1.165, 1.54) is 5.56 Å². The van der Waals surface area contributed by atoms with E-state index in [9.17, 15) is 0 Å². The number of anilines is 4. The van der Waals surface area contributed by atoms with Crippen LogP contribution < -0.4 is 15.0 Å². The van der Waals surface area contributed by atoms with Gasteiger partial charge < -0.3 is 15.0 Å². The minimum atomic E-state index is 0.641. The maximum absolute atomic E-state index is 5.46. The summed E-state index contributed by atoms with van der Waals surface area (Å²) >= 11 is 0. The number of aromatic nitrogens is 2. The van der Waals surface area contributed by atoms with Crippen molar-refractivity contribution >= 4 is 23.1 Å². The minimum Gasteiger partial charge on any atom is -0.495 e. The van der Waals surface area contributed by atoms with Gasteiger partial charge in [0.2, 0.25) is 5.95 Å². The Balaban J connectivity index is 1.72. The average molecular weight is 396 g/mol. The van der Waals surface area contributed by atoms with Crippen LogP contribution in [0.2, 0.25) is 0 Å². The van der Waals surface area contributed by atoms with E-state index in [0.29, 0.717) is 12.5 Å². The van der Waals surface area contributed by atoms with Crippen molar-refractivity contribution in [1.82, 2.24) is 9.97 Å². The van der Waals surface area contributed by atoms with Gasteiger partial charge >= 0.3 is 0 Å². The zero-order valence-corrected chi connectivity index (χ0v) is 17.1. The van der Waals surface area contributed by atoms with Crippen molar-refractivity contribution in [3.05, 3.63) is 102 Å². The highest BCUT2D eigenvalue weighted by Crippen LogP contribution is 2.29. The molecule has 0 atom stereocenters. The van der Waals surface area contributed by atoms with Crippen molar-refractivity contribution in [3.8, 4) is 5.75 Å². The summed E-state index contributed by atoms with van der Waals surface area (Å²) in [5, 5.41) is 3.37. The molecule has 0 saturated carbocycles. The lowest BCUT2D eigenvalue weighted by Crippen LogP contribution is -2.20. The number of nitrogens with one attached hydrogen (secondary N) is 1. The molecule has 5 nitrogen and oxygen atoms in total. The average Bonchev–Trinajstić information content (AvgIpc) is 2.79. The first-order chi connectivity index (χ1) is 14.7. The van der Waals surface area contributed by atoms with E-state index in [0.717, 1.165) is 28.6 Å². The maximum atomic E-state index is 5.46. The number of hydrogen-bond acceptors (Lipinski definition) is 5. The second kappa shape index (κ2) is 9.09. The summed E-state index contributed by atoms with van der Waals surface area (Å²) in [6.45, 7) is 2.65.